The molecule has 16 heavy (non-hydrogen) atoms. The van der Waals surface area contributed by atoms with Gasteiger partial charge in [0.25, 0.3) is 0 Å². The quantitative estimate of drug-likeness (QED) is 0.725. The van der Waals surface area contributed by atoms with Crippen LogP contribution in [0.2, 0.25) is 0 Å². The van der Waals surface area contributed by atoms with Crippen LogP contribution in [-0.2, 0) is 11.2 Å². The third-order valence-corrected chi connectivity index (χ3v) is 2.84. The Kier molecular flexibility index (Phi) is 2.61. The van der Waals surface area contributed by atoms with Crippen molar-refractivity contribution < 1.29 is 13.9 Å². The average Bonchev–Trinajstić information content (AvgIpc) is 2.30. The Morgan fingerprint density at radius 2 is 2.25 bits per heavy atom. The zero-order valence-corrected chi connectivity index (χ0v) is 8.79. The van der Waals surface area contributed by atoms with Crippen LogP contribution in [0.1, 0.15) is 23.5 Å². The first-order valence-corrected chi connectivity index (χ1v) is 4.96. The molecule has 0 N–H and O–H groups in total. The van der Waals surface area contributed by atoms with E-state index in [4.69, 9.17) is 10.00 Å². The van der Waals surface area contributed by atoms with Gasteiger partial charge in [0.05, 0.1) is 13.2 Å². The van der Waals surface area contributed by atoms with Crippen LogP contribution in [0.15, 0.2) is 12.1 Å². The summed E-state index contributed by atoms with van der Waals surface area (Å²) in [7, 11) is 1.49. The van der Waals surface area contributed by atoms with E-state index in [0.717, 1.165) is 0 Å². The lowest BCUT2D eigenvalue weighted by Crippen LogP contribution is -2.21. The monoisotopic (exact) mass is 219 g/mol. The van der Waals surface area contributed by atoms with E-state index in [1.165, 1.54) is 19.2 Å². The summed E-state index contributed by atoms with van der Waals surface area (Å²) in [5, 5.41) is 8.92. The van der Waals surface area contributed by atoms with Crippen LogP contribution in [0.4, 0.5) is 4.39 Å². The number of hydrogen-bond acceptors (Lipinski definition) is 3. The molecule has 0 amide bonds. The molecule has 0 spiro atoms. The number of nitriles is 1. The number of halogens is 1. The van der Waals surface area contributed by atoms with Gasteiger partial charge < -0.3 is 4.74 Å². The van der Waals surface area contributed by atoms with E-state index >= 15 is 0 Å². The highest BCUT2D eigenvalue weighted by Gasteiger charge is 2.32. The van der Waals surface area contributed by atoms with Crippen LogP contribution in [0, 0.1) is 17.1 Å². The van der Waals surface area contributed by atoms with Crippen molar-refractivity contribution in [2.45, 2.75) is 18.8 Å². The van der Waals surface area contributed by atoms with Crippen LogP contribution < -0.4 is 4.74 Å². The second-order valence-corrected chi connectivity index (χ2v) is 3.67. The molecule has 82 valence electrons. The van der Waals surface area contributed by atoms with Crippen molar-refractivity contribution >= 4 is 5.78 Å². The number of nitrogens with zero attached hydrogens (tertiary/aromatic N) is 1. The number of carbonyl (C=O) groups excluding carboxylic acids is 1. The fourth-order valence-electron chi connectivity index (χ4n) is 2.07. The highest BCUT2D eigenvalue weighted by Crippen LogP contribution is 2.36. The molecule has 3 nitrogen and oxygen atoms in total. The molecule has 1 atom stereocenters. The molecule has 1 aliphatic rings. The van der Waals surface area contributed by atoms with Gasteiger partial charge in [-0.15, -0.1) is 0 Å². The van der Waals surface area contributed by atoms with Crippen LogP contribution in [0.25, 0.3) is 0 Å². The molecule has 0 saturated heterocycles. The largest absolute Gasteiger partial charge is 0.496 e. The molecule has 1 unspecified atom stereocenters. The van der Waals surface area contributed by atoms with Gasteiger partial charge in [-0.3, -0.25) is 4.79 Å². The molecule has 0 fully saturated rings. The molecule has 1 aliphatic carbocycles. The lowest BCUT2D eigenvalue weighted by Gasteiger charge is -2.21. The van der Waals surface area contributed by atoms with Gasteiger partial charge in [-0.05, 0) is 18.6 Å². The Morgan fingerprint density at radius 3 is 2.88 bits per heavy atom. The summed E-state index contributed by atoms with van der Waals surface area (Å²) in [6.45, 7) is 0. The molecule has 0 heterocycles. The van der Waals surface area contributed by atoms with Crippen molar-refractivity contribution in [1.82, 2.24) is 0 Å². The Bertz CT molecular complexity index is 491. The maximum atomic E-state index is 13.6. The first kappa shape index (κ1) is 10.6. The predicted octanol–water partition coefficient (Wildman–Crippen LogP) is 1.96. The molecular formula is C12H10FNO2. The third kappa shape index (κ3) is 1.45. The summed E-state index contributed by atoms with van der Waals surface area (Å²) in [6.07, 6.45) is 0.707. The fourth-order valence-corrected chi connectivity index (χ4v) is 2.07. The summed E-state index contributed by atoms with van der Waals surface area (Å²) in [6, 6.07) is 4.62. The first-order chi connectivity index (χ1) is 7.69. The molecule has 0 bridgehead atoms. The maximum absolute atomic E-state index is 13.6. The molecule has 0 aliphatic heterocycles. The number of fused-ring (bicyclic) bond motifs is 1. The number of ether oxygens (including phenoxy) is 1. The van der Waals surface area contributed by atoms with E-state index in [0.29, 0.717) is 17.7 Å². The maximum Gasteiger partial charge on any atom is 0.154 e. The summed E-state index contributed by atoms with van der Waals surface area (Å²) in [4.78, 5) is 11.5. The Morgan fingerprint density at radius 1 is 1.50 bits per heavy atom. The van der Waals surface area contributed by atoms with Gasteiger partial charge >= 0.3 is 0 Å². The second-order valence-electron chi connectivity index (χ2n) is 3.67. The lowest BCUT2D eigenvalue weighted by atomic mass is 9.82. The minimum absolute atomic E-state index is 0.193. The summed E-state index contributed by atoms with van der Waals surface area (Å²) in [5.74, 6) is -1.17. The third-order valence-electron chi connectivity index (χ3n) is 2.84. The summed E-state index contributed by atoms with van der Waals surface area (Å²) >= 11 is 0. The van der Waals surface area contributed by atoms with Crippen molar-refractivity contribution in [2.24, 2.45) is 0 Å². The van der Waals surface area contributed by atoms with Gasteiger partial charge in [0, 0.05) is 17.5 Å². The standard InChI is InChI=1S/C12H10FNO2/c1-16-11-5-3-9(13)12-7(11)2-4-10(15)8(12)6-14/h3,5,8H,2,4H2,1H3. The Labute approximate surface area is 92.4 Å². The lowest BCUT2D eigenvalue weighted by molar-refractivity contribution is -0.119. The van der Waals surface area contributed by atoms with E-state index < -0.39 is 11.7 Å². The van der Waals surface area contributed by atoms with Gasteiger partial charge in [-0.1, -0.05) is 0 Å². The normalized spacial score (nSPS) is 18.8. The van der Waals surface area contributed by atoms with Gasteiger partial charge in [-0.2, -0.15) is 5.26 Å². The fraction of sp³-hybridized carbons (Fsp3) is 0.333. The van der Waals surface area contributed by atoms with Gasteiger partial charge in [0.15, 0.2) is 5.78 Å². The Hall–Kier alpha value is -1.89. The highest BCUT2D eigenvalue weighted by atomic mass is 19.1. The SMILES string of the molecule is COc1ccc(F)c2c1CCC(=O)C2C#N. The van der Waals surface area contributed by atoms with E-state index in [1.807, 2.05) is 6.07 Å². The predicted molar refractivity (Wildman–Crippen MR) is 54.6 cm³/mol. The zero-order valence-electron chi connectivity index (χ0n) is 8.79. The van der Waals surface area contributed by atoms with Crippen molar-refractivity contribution in [3.05, 3.63) is 29.1 Å². The summed E-state index contributed by atoms with van der Waals surface area (Å²) in [5.41, 5.74) is 0.840. The van der Waals surface area contributed by atoms with E-state index in [1.54, 1.807) is 0 Å². The number of Topliss-reactive ketones (excluding diaryl/α,β-unsaturated/α-hetero) is 1. The molecule has 2 rings (SSSR count). The van der Waals surface area contributed by atoms with Crippen molar-refractivity contribution in [1.29, 1.82) is 5.26 Å². The van der Waals surface area contributed by atoms with E-state index in [2.05, 4.69) is 0 Å². The van der Waals surface area contributed by atoms with Gasteiger partial charge in [0.2, 0.25) is 0 Å². The Balaban J connectivity index is 2.66. The van der Waals surface area contributed by atoms with Gasteiger partial charge in [0.1, 0.15) is 17.5 Å². The molecule has 1 aromatic carbocycles. The van der Waals surface area contributed by atoms with Crippen molar-refractivity contribution in [3.8, 4) is 11.8 Å². The molecule has 4 heteroatoms. The number of hydrogen-bond donors (Lipinski definition) is 0. The number of benzene rings is 1. The minimum atomic E-state index is -0.987. The zero-order chi connectivity index (χ0) is 11.7. The van der Waals surface area contributed by atoms with Crippen LogP contribution in [0.3, 0.4) is 0 Å². The molecule has 0 radical (unpaired) electrons. The molecule has 0 aromatic heterocycles. The first-order valence-electron chi connectivity index (χ1n) is 4.96. The average molecular weight is 219 g/mol. The minimum Gasteiger partial charge on any atom is -0.496 e. The van der Waals surface area contributed by atoms with Crippen LogP contribution >= 0.6 is 0 Å². The molecule has 1 aromatic rings. The number of rotatable bonds is 1. The molecular weight excluding hydrogens is 209 g/mol. The van der Waals surface area contributed by atoms with Gasteiger partial charge in [-0.25, -0.2) is 4.39 Å². The molecule has 0 saturated carbocycles. The van der Waals surface area contributed by atoms with E-state index in [-0.39, 0.29) is 17.8 Å². The number of carbonyl (C=O) groups is 1. The topological polar surface area (TPSA) is 50.1 Å². The summed E-state index contributed by atoms with van der Waals surface area (Å²) < 4.78 is 18.7. The van der Waals surface area contributed by atoms with Crippen LogP contribution in [0.5, 0.6) is 5.75 Å². The number of methoxy groups -OCH3 is 1. The highest BCUT2D eigenvalue weighted by molar-refractivity contribution is 5.91. The smallest absolute Gasteiger partial charge is 0.154 e. The van der Waals surface area contributed by atoms with E-state index in [9.17, 15) is 9.18 Å². The number of ketones is 1. The van der Waals surface area contributed by atoms with Crippen molar-refractivity contribution in [3.63, 3.8) is 0 Å². The van der Waals surface area contributed by atoms with Crippen LogP contribution in [-0.4, -0.2) is 12.9 Å². The van der Waals surface area contributed by atoms with Crippen molar-refractivity contribution in [2.75, 3.05) is 7.11 Å². The second kappa shape index (κ2) is 3.93.